The second-order valence-electron chi connectivity index (χ2n) is 2.57. The molecule has 0 saturated heterocycles. The summed E-state index contributed by atoms with van der Waals surface area (Å²) in [6.07, 6.45) is -16.1. The molecular weight excluding hydrogens is 254 g/mol. The minimum Gasteiger partial charge on any atom is -0.284 e. The Balaban J connectivity index is 4.39. The highest BCUT2D eigenvalue weighted by Crippen LogP contribution is 2.30. The zero-order valence-electron chi connectivity index (χ0n) is 6.93. The van der Waals surface area contributed by atoms with Gasteiger partial charge >= 0.3 is 23.7 Å². The van der Waals surface area contributed by atoms with E-state index in [9.17, 15) is 30.6 Å². The quantitative estimate of drug-likeness (QED) is 0.623. The molecule has 0 aliphatic heterocycles. The maximum absolute atomic E-state index is 11.7. The van der Waals surface area contributed by atoms with Crippen molar-refractivity contribution < 1.29 is 39.3 Å². The number of hydrogen-bond donors (Lipinski definition) is 1. The third kappa shape index (κ3) is 9.94. The van der Waals surface area contributed by atoms with Crippen molar-refractivity contribution >= 4 is 11.4 Å². The summed E-state index contributed by atoms with van der Waals surface area (Å²) in [5.74, 6) is 0. The number of alkyl halides is 6. The standard InChI is InChI=1S/C5H6F6O3S/c6-4(7,8)1-3(14-15(12)13)2-5(9,10)11/h3H,1-2H2,(H,12,13). The van der Waals surface area contributed by atoms with E-state index in [1.165, 1.54) is 0 Å². The van der Waals surface area contributed by atoms with Crippen LogP contribution in [0.4, 0.5) is 26.3 Å². The van der Waals surface area contributed by atoms with Crippen molar-refractivity contribution in [2.75, 3.05) is 0 Å². The minimum absolute atomic E-state index is 1.93. The van der Waals surface area contributed by atoms with E-state index in [1.54, 1.807) is 0 Å². The molecular formula is C5H6F6O3S. The first-order valence-electron chi connectivity index (χ1n) is 3.41. The van der Waals surface area contributed by atoms with Crippen molar-refractivity contribution in [2.45, 2.75) is 31.3 Å². The summed E-state index contributed by atoms with van der Waals surface area (Å²) in [4.78, 5) is 0. The van der Waals surface area contributed by atoms with Gasteiger partial charge in [0.15, 0.2) is 0 Å². The number of hydrogen-bond acceptors (Lipinski definition) is 2. The predicted molar refractivity (Wildman–Crippen MR) is 37.0 cm³/mol. The van der Waals surface area contributed by atoms with Gasteiger partial charge < -0.3 is 0 Å². The molecule has 0 rings (SSSR count). The summed E-state index contributed by atoms with van der Waals surface area (Å²) >= 11 is -3.17. The Morgan fingerprint density at radius 2 is 1.40 bits per heavy atom. The zero-order chi connectivity index (χ0) is 12.3. The van der Waals surface area contributed by atoms with Crippen molar-refractivity contribution in [1.82, 2.24) is 0 Å². The van der Waals surface area contributed by atoms with Crippen LogP contribution in [0.15, 0.2) is 0 Å². The van der Waals surface area contributed by atoms with E-state index in [2.05, 4.69) is 4.18 Å². The molecule has 0 aliphatic rings. The van der Waals surface area contributed by atoms with Crippen LogP contribution in [0, 0.1) is 0 Å². The molecule has 0 aromatic carbocycles. The third-order valence-corrected chi connectivity index (χ3v) is 1.57. The Morgan fingerprint density at radius 1 is 1.07 bits per heavy atom. The lowest BCUT2D eigenvalue weighted by Crippen LogP contribution is -2.28. The lowest BCUT2D eigenvalue weighted by molar-refractivity contribution is -0.180. The van der Waals surface area contributed by atoms with Crippen LogP contribution in [-0.2, 0) is 15.5 Å². The van der Waals surface area contributed by atoms with Crippen LogP contribution in [-0.4, -0.2) is 27.2 Å². The van der Waals surface area contributed by atoms with Crippen molar-refractivity contribution in [2.24, 2.45) is 0 Å². The highest BCUT2D eigenvalue weighted by molar-refractivity contribution is 7.74. The summed E-state index contributed by atoms with van der Waals surface area (Å²) in [5.41, 5.74) is 0. The molecule has 3 nitrogen and oxygen atoms in total. The predicted octanol–water partition coefficient (Wildman–Crippen LogP) is 2.41. The van der Waals surface area contributed by atoms with E-state index >= 15 is 0 Å². The smallest absolute Gasteiger partial charge is 0.284 e. The van der Waals surface area contributed by atoms with Crippen LogP contribution in [0.5, 0.6) is 0 Å². The molecule has 0 heterocycles. The summed E-state index contributed by atoms with van der Waals surface area (Å²) in [6, 6.07) is 0. The minimum atomic E-state index is -4.89. The lowest BCUT2D eigenvalue weighted by Gasteiger charge is -2.18. The van der Waals surface area contributed by atoms with E-state index in [0.717, 1.165) is 0 Å². The van der Waals surface area contributed by atoms with E-state index in [-0.39, 0.29) is 0 Å². The van der Waals surface area contributed by atoms with Crippen molar-refractivity contribution in [3.05, 3.63) is 0 Å². The molecule has 0 aliphatic carbocycles. The number of halogens is 6. The van der Waals surface area contributed by atoms with Crippen molar-refractivity contribution in [3.8, 4) is 0 Å². The fourth-order valence-electron chi connectivity index (χ4n) is 0.773. The van der Waals surface area contributed by atoms with Gasteiger partial charge in [0.05, 0.1) is 18.9 Å². The van der Waals surface area contributed by atoms with Gasteiger partial charge in [0.25, 0.3) is 0 Å². The third-order valence-electron chi connectivity index (χ3n) is 1.14. The van der Waals surface area contributed by atoms with Gasteiger partial charge in [-0.05, 0) is 0 Å². The molecule has 10 heteroatoms. The maximum atomic E-state index is 11.7. The van der Waals surface area contributed by atoms with Crippen LogP contribution in [0.1, 0.15) is 12.8 Å². The second kappa shape index (κ2) is 5.12. The summed E-state index contributed by atoms with van der Waals surface area (Å²) in [5, 5.41) is 0. The molecule has 92 valence electrons. The normalized spacial score (nSPS) is 15.7. The molecule has 0 spiro atoms. The van der Waals surface area contributed by atoms with Gasteiger partial charge in [-0.1, -0.05) is 0 Å². The van der Waals surface area contributed by atoms with Crippen LogP contribution >= 0.6 is 0 Å². The molecule has 0 amide bonds. The molecule has 0 aromatic heterocycles. The second-order valence-corrected chi connectivity index (χ2v) is 3.20. The van der Waals surface area contributed by atoms with Gasteiger partial charge in [-0.3, -0.25) is 8.74 Å². The molecule has 0 bridgehead atoms. The van der Waals surface area contributed by atoms with Gasteiger partial charge in [-0.25, -0.2) is 0 Å². The summed E-state index contributed by atoms with van der Waals surface area (Å²) in [6.45, 7) is 0. The van der Waals surface area contributed by atoms with Gasteiger partial charge in [-0.15, -0.1) is 0 Å². The molecule has 0 aromatic rings. The molecule has 15 heavy (non-hydrogen) atoms. The Morgan fingerprint density at radius 3 is 1.60 bits per heavy atom. The molecule has 0 radical (unpaired) electrons. The average molecular weight is 260 g/mol. The largest absolute Gasteiger partial charge is 0.391 e. The first-order valence-corrected chi connectivity index (χ1v) is 4.44. The molecule has 0 saturated carbocycles. The van der Waals surface area contributed by atoms with Crippen molar-refractivity contribution in [3.63, 3.8) is 0 Å². The first-order chi connectivity index (χ1) is 6.49. The molecule has 1 unspecified atom stereocenters. The van der Waals surface area contributed by atoms with E-state index < -0.39 is 42.7 Å². The lowest BCUT2D eigenvalue weighted by atomic mass is 10.2. The van der Waals surface area contributed by atoms with Crippen LogP contribution in [0.25, 0.3) is 0 Å². The molecule has 0 fully saturated rings. The summed E-state index contributed by atoms with van der Waals surface area (Å²) in [7, 11) is 0. The Bertz CT molecular complexity index is 208. The Hall–Kier alpha value is -0.350. The monoisotopic (exact) mass is 260 g/mol. The fourth-order valence-corrected chi connectivity index (χ4v) is 1.14. The SMILES string of the molecule is O=S(O)OC(CC(F)(F)F)CC(F)(F)F. The molecule has 1 N–H and O–H groups in total. The van der Waals surface area contributed by atoms with Gasteiger partial charge in [-0.2, -0.15) is 30.6 Å². The van der Waals surface area contributed by atoms with Gasteiger partial charge in [0, 0.05) is 0 Å². The first kappa shape index (κ1) is 14.6. The van der Waals surface area contributed by atoms with E-state index in [0.29, 0.717) is 0 Å². The maximum Gasteiger partial charge on any atom is 0.391 e. The van der Waals surface area contributed by atoms with Gasteiger partial charge in [0.2, 0.25) is 0 Å². The van der Waals surface area contributed by atoms with Crippen molar-refractivity contribution in [1.29, 1.82) is 0 Å². The Labute approximate surface area is 82.9 Å². The van der Waals surface area contributed by atoms with E-state index in [1.807, 2.05) is 0 Å². The number of rotatable bonds is 4. The topological polar surface area (TPSA) is 46.5 Å². The zero-order valence-corrected chi connectivity index (χ0v) is 7.75. The highest BCUT2D eigenvalue weighted by Gasteiger charge is 2.40. The average Bonchev–Trinajstić information content (AvgIpc) is 1.73. The van der Waals surface area contributed by atoms with Crippen LogP contribution in [0.3, 0.4) is 0 Å². The van der Waals surface area contributed by atoms with Crippen LogP contribution < -0.4 is 0 Å². The Kier molecular flexibility index (Phi) is 5.00. The highest BCUT2D eigenvalue weighted by atomic mass is 32.2. The van der Waals surface area contributed by atoms with Gasteiger partial charge in [0.1, 0.15) is 0 Å². The van der Waals surface area contributed by atoms with E-state index in [4.69, 9.17) is 4.55 Å². The summed E-state index contributed by atoms with van der Waals surface area (Å²) < 4.78 is 91.8. The molecule has 1 atom stereocenters. The fraction of sp³-hybridized carbons (Fsp3) is 1.00. The van der Waals surface area contributed by atoms with Crippen LogP contribution in [0.2, 0.25) is 0 Å².